The molecule has 160 valence electrons. The highest BCUT2D eigenvalue weighted by atomic mass is 16.5. The van der Waals surface area contributed by atoms with E-state index in [-0.39, 0.29) is 6.04 Å². The number of aryl methyl sites for hydroxylation is 1. The number of H-pyrrole nitrogens is 1. The van der Waals surface area contributed by atoms with Gasteiger partial charge in [0.05, 0.1) is 42.9 Å². The minimum atomic E-state index is 0.263. The number of ether oxygens (including phenoxy) is 2. The van der Waals surface area contributed by atoms with Crippen molar-refractivity contribution < 1.29 is 14.0 Å². The van der Waals surface area contributed by atoms with Crippen LogP contribution in [-0.2, 0) is 17.9 Å². The number of hydrogen-bond acceptors (Lipinski definition) is 6. The zero-order valence-electron chi connectivity index (χ0n) is 18.0. The van der Waals surface area contributed by atoms with E-state index in [0.29, 0.717) is 13.2 Å². The van der Waals surface area contributed by atoms with Gasteiger partial charge in [-0.25, -0.2) is 0 Å². The van der Waals surface area contributed by atoms with Crippen molar-refractivity contribution in [2.45, 2.75) is 52.3 Å². The van der Waals surface area contributed by atoms with Crippen LogP contribution in [0.25, 0.3) is 11.3 Å². The standard InChI is InChI=1S/C23H30N4O3/c1-4-29-15-18-12-17(8-9-21(18)28-3)14-27-10-6-5-7-20(27)23-19(13-24-25-23)22-11-16(2)26-30-22/h8-9,11-13,20H,4-7,10,14-15H2,1-3H3,(H,24,25). The van der Waals surface area contributed by atoms with Crippen molar-refractivity contribution in [1.82, 2.24) is 20.3 Å². The van der Waals surface area contributed by atoms with Gasteiger partial charge in [-0.2, -0.15) is 5.10 Å². The second-order valence-corrected chi connectivity index (χ2v) is 7.80. The van der Waals surface area contributed by atoms with E-state index in [9.17, 15) is 0 Å². The lowest BCUT2D eigenvalue weighted by Crippen LogP contribution is -2.33. The van der Waals surface area contributed by atoms with Gasteiger partial charge in [0, 0.05) is 24.8 Å². The Balaban J connectivity index is 1.58. The Bertz CT molecular complexity index is 965. The van der Waals surface area contributed by atoms with Gasteiger partial charge in [-0.3, -0.25) is 10.00 Å². The first-order chi connectivity index (χ1) is 14.7. The molecule has 7 nitrogen and oxygen atoms in total. The predicted molar refractivity (Wildman–Crippen MR) is 114 cm³/mol. The minimum Gasteiger partial charge on any atom is -0.496 e. The average molecular weight is 411 g/mol. The third-order valence-corrected chi connectivity index (χ3v) is 5.70. The molecule has 2 aromatic heterocycles. The van der Waals surface area contributed by atoms with E-state index in [1.807, 2.05) is 32.2 Å². The molecular formula is C23H30N4O3. The van der Waals surface area contributed by atoms with Gasteiger partial charge in [0.25, 0.3) is 0 Å². The predicted octanol–water partition coefficient (Wildman–Crippen LogP) is 4.65. The zero-order valence-corrected chi connectivity index (χ0v) is 18.0. The number of aromatic nitrogens is 3. The summed E-state index contributed by atoms with van der Waals surface area (Å²) < 4.78 is 16.7. The Hall–Kier alpha value is -2.64. The summed E-state index contributed by atoms with van der Waals surface area (Å²) in [6.45, 7) is 7.10. The minimum absolute atomic E-state index is 0.263. The summed E-state index contributed by atoms with van der Waals surface area (Å²) in [5, 5.41) is 11.6. The number of benzene rings is 1. The number of hydrogen-bond donors (Lipinski definition) is 1. The van der Waals surface area contributed by atoms with E-state index in [4.69, 9.17) is 14.0 Å². The Kier molecular flexibility index (Phi) is 6.50. The first-order valence-electron chi connectivity index (χ1n) is 10.6. The maximum atomic E-state index is 5.63. The lowest BCUT2D eigenvalue weighted by Gasteiger charge is -2.35. The fourth-order valence-corrected chi connectivity index (χ4v) is 4.23. The monoisotopic (exact) mass is 410 g/mol. The molecule has 4 rings (SSSR count). The van der Waals surface area contributed by atoms with Crippen molar-refractivity contribution in [2.75, 3.05) is 20.3 Å². The summed E-state index contributed by atoms with van der Waals surface area (Å²) in [4.78, 5) is 2.52. The molecule has 3 heterocycles. The molecule has 1 saturated heterocycles. The summed E-state index contributed by atoms with van der Waals surface area (Å²) in [5.74, 6) is 1.64. The van der Waals surface area contributed by atoms with Crippen molar-refractivity contribution in [1.29, 1.82) is 0 Å². The molecule has 30 heavy (non-hydrogen) atoms. The zero-order chi connectivity index (χ0) is 20.9. The van der Waals surface area contributed by atoms with Crippen LogP contribution in [0.2, 0.25) is 0 Å². The van der Waals surface area contributed by atoms with Crippen molar-refractivity contribution in [3.63, 3.8) is 0 Å². The highest BCUT2D eigenvalue weighted by Crippen LogP contribution is 2.37. The average Bonchev–Trinajstić information content (AvgIpc) is 3.41. The maximum Gasteiger partial charge on any atom is 0.170 e. The molecule has 0 amide bonds. The van der Waals surface area contributed by atoms with Crippen molar-refractivity contribution in [3.8, 4) is 17.1 Å². The van der Waals surface area contributed by atoms with Crippen LogP contribution in [0.5, 0.6) is 5.75 Å². The molecule has 1 aliphatic rings. The number of piperidine rings is 1. The van der Waals surface area contributed by atoms with E-state index >= 15 is 0 Å². The topological polar surface area (TPSA) is 76.4 Å². The Labute approximate surface area is 177 Å². The summed E-state index contributed by atoms with van der Waals surface area (Å²) in [7, 11) is 1.70. The molecule has 0 spiro atoms. The largest absolute Gasteiger partial charge is 0.496 e. The normalized spacial score (nSPS) is 17.4. The van der Waals surface area contributed by atoms with Gasteiger partial charge < -0.3 is 14.0 Å². The molecule has 3 aromatic rings. The lowest BCUT2D eigenvalue weighted by atomic mass is 9.95. The molecule has 0 radical (unpaired) electrons. The van der Waals surface area contributed by atoms with Crippen LogP contribution in [0.4, 0.5) is 0 Å². The van der Waals surface area contributed by atoms with Gasteiger partial charge in [0.15, 0.2) is 5.76 Å². The Morgan fingerprint density at radius 3 is 2.93 bits per heavy atom. The number of nitrogens with zero attached hydrogens (tertiary/aromatic N) is 3. The van der Waals surface area contributed by atoms with E-state index in [1.165, 1.54) is 18.4 Å². The molecule has 1 unspecified atom stereocenters. The first kappa shape index (κ1) is 20.6. The number of nitrogens with one attached hydrogen (secondary N) is 1. The summed E-state index contributed by atoms with van der Waals surface area (Å²) in [6, 6.07) is 8.62. The van der Waals surface area contributed by atoms with Crippen LogP contribution in [0.3, 0.4) is 0 Å². The highest BCUT2D eigenvalue weighted by Gasteiger charge is 2.29. The molecule has 7 heteroatoms. The van der Waals surface area contributed by atoms with Crippen LogP contribution in [0, 0.1) is 6.92 Å². The molecule has 1 atom stereocenters. The molecule has 1 fully saturated rings. The van der Waals surface area contributed by atoms with Crippen LogP contribution in [-0.4, -0.2) is 40.5 Å². The highest BCUT2D eigenvalue weighted by molar-refractivity contribution is 5.60. The number of likely N-dealkylation sites (tertiary alicyclic amines) is 1. The van der Waals surface area contributed by atoms with E-state index < -0.39 is 0 Å². The quantitative estimate of drug-likeness (QED) is 0.583. The lowest BCUT2D eigenvalue weighted by molar-refractivity contribution is 0.130. The van der Waals surface area contributed by atoms with Crippen LogP contribution in [0.15, 0.2) is 35.0 Å². The van der Waals surface area contributed by atoms with E-state index in [0.717, 1.165) is 53.5 Å². The third kappa shape index (κ3) is 4.42. The van der Waals surface area contributed by atoms with Crippen molar-refractivity contribution in [2.24, 2.45) is 0 Å². The van der Waals surface area contributed by atoms with Crippen molar-refractivity contribution >= 4 is 0 Å². The summed E-state index contributed by atoms with van der Waals surface area (Å²) in [6.07, 6.45) is 5.33. The number of rotatable bonds is 8. The number of aromatic amines is 1. The van der Waals surface area contributed by atoms with Crippen LogP contribution in [0.1, 0.15) is 54.7 Å². The molecular weight excluding hydrogens is 380 g/mol. The number of methoxy groups -OCH3 is 1. The van der Waals surface area contributed by atoms with Gasteiger partial charge >= 0.3 is 0 Å². The SMILES string of the molecule is CCOCc1cc(CN2CCCCC2c2[nH]ncc2-c2cc(C)no2)ccc1OC. The summed E-state index contributed by atoms with van der Waals surface area (Å²) in [5.41, 5.74) is 5.32. The fourth-order valence-electron chi connectivity index (χ4n) is 4.23. The third-order valence-electron chi connectivity index (χ3n) is 5.70. The van der Waals surface area contributed by atoms with Crippen LogP contribution >= 0.6 is 0 Å². The van der Waals surface area contributed by atoms with E-state index in [1.54, 1.807) is 7.11 Å². The first-order valence-corrected chi connectivity index (χ1v) is 10.6. The fraction of sp³-hybridized carbons (Fsp3) is 0.478. The van der Waals surface area contributed by atoms with Gasteiger partial charge in [-0.1, -0.05) is 17.6 Å². The molecule has 0 bridgehead atoms. The summed E-state index contributed by atoms with van der Waals surface area (Å²) >= 11 is 0. The van der Waals surface area contributed by atoms with Crippen molar-refractivity contribution in [3.05, 3.63) is 53.0 Å². The van der Waals surface area contributed by atoms with E-state index in [2.05, 4.69) is 32.4 Å². The Morgan fingerprint density at radius 1 is 1.27 bits per heavy atom. The van der Waals surface area contributed by atoms with Crippen LogP contribution < -0.4 is 4.74 Å². The van der Waals surface area contributed by atoms with Gasteiger partial charge in [0.2, 0.25) is 0 Å². The smallest absolute Gasteiger partial charge is 0.170 e. The Morgan fingerprint density at radius 2 is 2.17 bits per heavy atom. The molecule has 0 saturated carbocycles. The van der Waals surface area contributed by atoms with Gasteiger partial charge in [-0.05, 0) is 50.9 Å². The molecule has 1 N–H and O–H groups in total. The second kappa shape index (κ2) is 9.45. The van der Waals surface area contributed by atoms with Gasteiger partial charge in [0.1, 0.15) is 5.75 Å². The molecule has 0 aliphatic carbocycles. The molecule has 1 aromatic carbocycles. The van der Waals surface area contributed by atoms with Gasteiger partial charge in [-0.15, -0.1) is 0 Å². The molecule has 1 aliphatic heterocycles. The second-order valence-electron chi connectivity index (χ2n) is 7.80. The maximum absolute atomic E-state index is 5.63.